The molecule has 2 aromatic carbocycles. The molecular formula is C21H27F2N3O4S. The lowest BCUT2D eigenvalue weighted by Gasteiger charge is -2.32. The highest BCUT2D eigenvalue weighted by atomic mass is 32.2. The first-order valence-electron chi connectivity index (χ1n) is 10.1. The van der Waals surface area contributed by atoms with Gasteiger partial charge in [0.1, 0.15) is 11.5 Å². The van der Waals surface area contributed by atoms with Gasteiger partial charge in [0.15, 0.2) is 0 Å². The predicted octanol–water partition coefficient (Wildman–Crippen LogP) is 3.31. The molecule has 1 fully saturated rings. The largest absolute Gasteiger partial charge is 0.495 e. The summed E-state index contributed by atoms with van der Waals surface area (Å²) in [7, 11) is -2.43. The summed E-state index contributed by atoms with van der Waals surface area (Å²) in [6, 6.07) is 10.4. The molecule has 1 aliphatic heterocycles. The molecule has 2 aromatic rings. The number of halogens is 2. The number of anilines is 2. The van der Waals surface area contributed by atoms with Gasteiger partial charge in [-0.2, -0.15) is 8.78 Å². The molecule has 0 bridgehead atoms. The van der Waals surface area contributed by atoms with E-state index in [9.17, 15) is 17.2 Å². The number of ether oxygens (including phenoxy) is 2. The van der Waals surface area contributed by atoms with Crippen LogP contribution in [0.1, 0.15) is 13.3 Å². The van der Waals surface area contributed by atoms with Crippen LogP contribution in [0.2, 0.25) is 0 Å². The Kier molecular flexibility index (Phi) is 7.55. The number of rotatable bonds is 9. The molecule has 10 heteroatoms. The Bertz CT molecular complexity index is 982. The van der Waals surface area contributed by atoms with Gasteiger partial charge in [0.2, 0.25) is 0 Å². The molecule has 1 N–H and O–H groups in total. The second-order valence-corrected chi connectivity index (χ2v) is 8.89. The minimum atomic E-state index is -4.00. The molecule has 1 aliphatic rings. The number of nitrogens with one attached hydrogen (secondary N) is 1. The highest BCUT2D eigenvalue weighted by Crippen LogP contribution is 2.35. The van der Waals surface area contributed by atoms with E-state index in [2.05, 4.69) is 15.0 Å². The fourth-order valence-corrected chi connectivity index (χ4v) is 5.10. The lowest BCUT2D eigenvalue weighted by Crippen LogP contribution is -2.43. The van der Waals surface area contributed by atoms with E-state index in [0.717, 1.165) is 37.9 Å². The van der Waals surface area contributed by atoms with Crippen LogP contribution in [0.3, 0.4) is 0 Å². The molecule has 3 rings (SSSR count). The minimum absolute atomic E-state index is 0.112. The topological polar surface area (TPSA) is 71.1 Å². The Balaban J connectivity index is 2.01. The molecule has 7 nitrogen and oxygen atoms in total. The monoisotopic (exact) mass is 455 g/mol. The fourth-order valence-electron chi connectivity index (χ4n) is 3.52. The molecule has 0 amide bonds. The van der Waals surface area contributed by atoms with E-state index in [1.165, 1.54) is 22.5 Å². The van der Waals surface area contributed by atoms with Crippen molar-refractivity contribution in [1.29, 1.82) is 0 Å². The minimum Gasteiger partial charge on any atom is -0.495 e. The Morgan fingerprint density at radius 2 is 1.90 bits per heavy atom. The molecule has 0 spiro atoms. The molecule has 1 heterocycles. The molecule has 1 saturated heterocycles. The number of nitrogens with zero attached hydrogens (tertiary/aromatic N) is 2. The van der Waals surface area contributed by atoms with Crippen molar-refractivity contribution in [3.8, 4) is 11.5 Å². The van der Waals surface area contributed by atoms with Crippen LogP contribution in [-0.2, 0) is 10.0 Å². The maximum atomic E-state index is 13.4. The van der Waals surface area contributed by atoms with Crippen molar-refractivity contribution >= 4 is 21.4 Å². The van der Waals surface area contributed by atoms with E-state index in [1.807, 2.05) is 6.92 Å². The Hall–Kier alpha value is -2.59. The molecule has 0 saturated carbocycles. The number of hydrogen-bond donors (Lipinski definition) is 1. The van der Waals surface area contributed by atoms with Crippen molar-refractivity contribution in [3.05, 3.63) is 42.5 Å². The molecule has 0 radical (unpaired) electrons. The van der Waals surface area contributed by atoms with Crippen molar-refractivity contribution in [2.45, 2.75) is 24.9 Å². The number of piperazine rings is 1. The van der Waals surface area contributed by atoms with E-state index < -0.39 is 16.6 Å². The van der Waals surface area contributed by atoms with Gasteiger partial charge >= 0.3 is 6.61 Å². The number of sulfonamides is 1. The van der Waals surface area contributed by atoms with E-state index in [4.69, 9.17) is 4.74 Å². The molecule has 31 heavy (non-hydrogen) atoms. The summed E-state index contributed by atoms with van der Waals surface area (Å²) < 4.78 is 63.2. The first kappa shape index (κ1) is 23.1. The normalized spacial score (nSPS) is 14.5. The van der Waals surface area contributed by atoms with Crippen LogP contribution in [0, 0.1) is 0 Å². The standard InChI is InChI=1S/C21H27F2N3O4S/c1-3-11-26(31(27,28)18-6-4-5-17(15-18)30-21(22)23)16-7-8-20(29-2)19(14-16)25-12-9-24-10-13-25/h4-8,14-15,21,24H,3,9-13H2,1-2H3. The lowest BCUT2D eigenvalue weighted by atomic mass is 10.2. The average molecular weight is 456 g/mol. The van der Waals surface area contributed by atoms with Crippen molar-refractivity contribution in [3.63, 3.8) is 0 Å². The van der Waals surface area contributed by atoms with Crippen LogP contribution in [0.4, 0.5) is 20.2 Å². The fraction of sp³-hybridized carbons (Fsp3) is 0.429. The highest BCUT2D eigenvalue weighted by molar-refractivity contribution is 7.92. The Morgan fingerprint density at radius 1 is 1.16 bits per heavy atom. The molecule has 170 valence electrons. The zero-order valence-electron chi connectivity index (χ0n) is 17.6. The van der Waals surface area contributed by atoms with Gasteiger partial charge in [0.25, 0.3) is 10.0 Å². The molecule has 0 atom stereocenters. The first-order valence-corrected chi connectivity index (χ1v) is 11.5. The van der Waals surface area contributed by atoms with Gasteiger partial charge in [0.05, 0.1) is 23.4 Å². The third kappa shape index (κ3) is 5.37. The summed E-state index contributed by atoms with van der Waals surface area (Å²) in [6.07, 6.45) is 0.571. The van der Waals surface area contributed by atoms with E-state index in [0.29, 0.717) is 17.9 Å². The second-order valence-electron chi connectivity index (χ2n) is 7.02. The number of methoxy groups -OCH3 is 1. The summed E-state index contributed by atoms with van der Waals surface area (Å²) in [5.41, 5.74) is 1.30. The molecule has 0 aromatic heterocycles. The third-order valence-corrected chi connectivity index (χ3v) is 6.78. The van der Waals surface area contributed by atoms with Gasteiger partial charge in [-0.05, 0) is 36.8 Å². The molecule has 0 aliphatic carbocycles. The summed E-state index contributed by atoms with van der Waals surface area (Å²) >= 11 is 0. The lowest BCUT2D eigenvalue weighted by molar-refractivity contribution is -0.0499. The van der Waals surface area contributed by atoms with Gasteiger partial charge in [-0.3, -0.25) is 4.31 Å². The molecular weight excluding hydrogens is 428 g/mol. The number of hydrogen-bond acceptors (Lipinski definition) is 6. The first-order chi connectivity index (χ1) is 14.9. The summed E-state index contributed by atoms with van der Waals surface area (Å²) in [5.74, 6) is 0.454. The number of benzene rings is 2. The van der Waals surface area contributed by atoms with Gasteiger partial charge in [-0.25, -0.2) is 8.42 Å². The summed E-state index contributed by atoms with van der Waals surface area (Å²) in [4.78, 5) is 2.03. The third-order valence-electron chi connectivity index (χ3n) is 4.95. The zero-order valence-corrected chi connectivity index (χ0v) is 18.4. The van der Waals surface area contributed by atoms with Crippen LogP contribution in [-0.4, -0.2) is 54.9 Å². The van der Waals surface area contributed by atoms with E-state index in [1.54, 1.807) is 25.3 Å². The van der Waals surface area contributed by atoms with E-state index >= 15 is 0 Å². The predicted molar refractivity (Wildman–Crippen MR) is 116 cm³/mol. The smallest absolute Gasteiger partial charge is 0.387 e. The van der Waals surface area contributed by atoms with Crippen molar-refractivity contribution in [2.75, 3.05) is 49.0 Å². The van der Waals surface area contributed by atoms with Gasteiger partial charge in [-0.15, -0.1) is 0 Å². The zero-order chi connectivity index (χ0) is 22.4. The van der Waals surface area contributed by atoms with Crippen molar-refractivity contribution in [2.24, 2.45) is 0 Å². The highest BCUT2D eigenvalue weighted by Gasteiger charge is 2.27. The number of alkyl halides is 2. The second kappa shape index (κ2) is 10.1. The molecule has 0 unspecified atom stereocenters. The SMILES string of the molecule is CCCN(c1ccc(OC)c(N2CCNCC2)c1)S(=O)(=O)c1cccc(OC(F)F)c1. The van der Waals surface area contributed by atoms with Crippen LogP contribution in [0.25, 0.3) is 0 Å². The quantitative estimate of drug-likeness (QED) is 0.626. The van der Waals surface area contributed by atoms with Crippen molar-refractivity contribution in [1.82, 2.24) is 5.32 Å². The maximum absolute atomic E-state index is 13.4. The Morgan fingerprint density at radius 3 is 2.55 bits per heavy atom. The van der Waals surface area contributed by atoms with Gasteiger partial charge < -0.3 is 19.7 Å². The van der Waals surface area contributed by atoms with Crippen LogP contribution < -0.4 is 24.0 Å². The van der Waals surface area contributed by atoms with Gasteiger partial charge in [-0.1, -0.05) is 13.0 Å². The average Bonchev–Trinajstić information content (AvgIpc) is 2.77. The Labute approximate surface area is 181 Å². The summed E-state index contributed by atoms with van der Waals surface area (Å²) in [5, 5.41) is 3.29. The van der Waals surface area contributed by atoms with E-state index in [-0.39, 0.29) is 17.2 Å². The van der Waals surface area contributed by atoms with Crippen LogP contribution in [0.15, 0.2) is 47.4 Å². The van der Waals surface area contributed by atoms with Crippen LogP contribution >= 0.6 is 0 Å². The van der Waals surface area contributed by atoms with Crippen molar-refractivity contribution < 1.29 is 26.7 Å². The van der Waals surface area contributed by atoms with Gasteiger partial charge in [0, 0.05) is 38.8 Å². The maximum Gasteiger partial charge on any atom is 0.387 e. The summed E-state index contributed by atoms with van der Waals surface area (Å²) in [6.45, 7) is 2.26. The van der Waals surface area contributed by atoms with Crippen LogP contribution in [0.5, 0.6) is 11.5 Å².